The molecule has 2 aromatic heterocycles. The topological polar surface area (TPSA) is 174 Å². The zero-order chi connectivity index (χ0) is 37.6. The highest BCUT2D eigenvalue weighted by Crippen LogP contribution is 2.36. The lowest BCUT2D eigenvalue weighted by Crippen LogP contribution is -2.47. The van der Waals surface area contributed by atoms with Crippen molar-refractivity contribution in [3.05, 3.63) is 48.5 Å². The number of rotatable bonds is 8. The number of ether oxygens (including phenoxy) is 4. The van der Waals surface area contributed by atoms with Gasteiger partial charge in [0.05, 0.1) is 88.4 Å². The van der Waals surface area contributed by atoms with Crippen molar-refractivity contribution in [3.8, 4) is 22.8 Å². The molecule has 2 N–H and O–H groups in total. The Morgan fingerprint density at radius 3 is 1.23 bits per heavy atom. The van der Waals surface area contributed by atoms with Crippen molar-refractivity contribution in [2.75, 3.05) is 104 Å². The van der Waals surface area contributed by atoms with E-state index in [4.69, 9.17) is 54.6 Å². The number of hydrogen-bond acceptors (Lipinski definition) is 15. The van der Waals surface area contributed by atoms with Crippen LogP contribution >= 0.6 is 0 Å². The Bertz CT molecular complexity index is 1870. The SMILES string of the molecule is NC(=O)N(c1ccc(-c2nc(N3CCOCC3)nc(N3C4CCC3COC4)n2)cc1)c1ccc(-c2nc(N3CCOCC3)nc(N3C4CCC3COC4)n2)cc1. The molecule has 0 saturated carbocycles. The van der Waals surface area contributed by atoms with Crippen LogP contribution in [0.2, 0.25) is 0 Å². The maximum Gasteiger partial charge on any atom is 0.323 e. The van der Waals surface area contributed by atoms with Crippen molar-refractivity contribution < 1.29 is 23.7 Å². The molecule has 292 valence electrons. The molecule has 4 atom stereocenters. The second-order valence-electron chi connectivity index (χ2n) is 15.1. The van der Waals surface area contributed by atoms with Crippen molar-refractivity contribution in [1.29, 1.82) is 0 Å². The van der Waals surface area contributed by atoms with Gasteiger partial charge in [0, 0.05) is 37.3 Å². The average Bonchev–Trinajstić information content (AvgIpc) is 3.66. The van der Waals surface area contributed by atoms with Crippen molar-refractivity contribution in [2.24, 2.45) is 5.73 Å². The normalized spacial score (nSPS) is 24.8. The molecule has 56 heavy (non-hydrogen) atoms. The Balaban J connectivity index is 0.938. The molecule has 4 bridgehead atoms. The van der Waals surface area contributed by atoms with Crippen molar-refractivity contribution in [2.45, 2.75) is 49.9 Å². The third-order valence-corrected chi connectivity index (χ3v) is 11.7. The van der Waals surface area contributed by atoms with Crippen molar-refractivity contribution >= 4 is 41.2 Å². The summed E-state index contributed by atoms with van der Waals surface area (Å²) in [6.45, 7) is 8.02. The molecule has 0 spiro atoms. The number of carbonyl (C=O) groups excluding carboxylic acids is 1. The summed E-state index contributed by atoms with van der Waals surface area (Å²) >= 11 is 0. The van der Waals surface area contributed by atoms with Gasteiger partial charge >= 0.3 is 6.03 Å². The highest BCUT2D eigenvalue weighted by atomic mass is 16.5. The quantitative estimate of drug-likeness (QED) is 0.277. The number of carbonyl (C=O) groups is 1. The summed E-state index contributed by atoms with van der Waals surface area (Å²) in [6.07, 6.45) is 4.22. The fraction of sp³-hybridized carbons (Fsp3) is 0.513. The number of nitrogens with two attached hydrogens (primary N) is 1. The predicted molar refractivity (Wildman–Crippen MR) is 209 cm³/mol. The number of hydrogen-bond donors (Lipinski definition) is 1. The molecule has 8 heterocycles. The summed E-state index contributed by atoms with van der Waals surface area (Å²) in [4.78, 5) is 53.3. The lowest BCUT2D eigenvalue weighted by molar-refractivity contribution is 0.0897. The van der Waals surface area contributed by atoms with Crippen LogP contribution in [0.5, 0.6) is 0 Å². The highest BCUT2D eigenvalue weighted by molar-refractivity contribution is 5.98. The van der Waals surface area contributed by atoms with Gasteiger partial charge in [0.15, 0.2) is 11.6 Å². The molecule has 17 nitrogen and oxygen atoms in total. The average molecular weight is 763 g/mol. The number of fused-ring (bicyclic) bond motifs is 4. The van der Waals surface area contributed by atoms with Crippen molar-refractivity contribution in [3.63, 3.8) is 0 Å². The number of urea groups is 1. The highest BCUT2D eigenvalue weighted by Gasteiger charge is 2.41. The first-order valence-corrected chi connectivity index (χ1v) is 19.8. The van der Waals surface area contributed by atoms with E-state index in [0.29, 0.717) is 126 Å². The summed E-state index contributed by atoms with van der Waals surface area (Å²) < 4.78 is 22.9. The van der Waals surface area contributed by atoms with Crippen LogP contribution in [0.4, 0.5) is 40.0 Å². The van der Waals surface area contributed by atoms with Crippen LogP contribution in [0.25, 0.3) is 22.8 Å². The molecule has 6 aliphatic heterocycles. The molecule has 6 saturated heterocycles. The molecule has 0 radical (unpaired) electrons. The van der Waals surface area contributed by atoms with Gasteiger partial charge in [-0.1, -0.05) is 0 Å². The number of amides is 2. The first-order valence-electron chi connectivity index (χ1n) is 19.8. The first kappa shape index (κ1) is 35.2. The second-order valence-corrected chi connectivity index (χ2v) is 15.1. The van der Waals surface area contributed by atoms with Crippen LogP contribution in [0.15, 0.2) is 48.5 Å². The van der Waals surface area contributed by atoms with Gasteiger partial charge in [-0.05, 0) is 74.2 Å². The molecule has 2 aromatic carbocycles. The summed E-state index contributed by atoms with van der Waals surface area (Å²) in [5, 5.41) is 0. The number of anilines is 6. The van der Waals surface area contributed by atoms with Crippen LogP contribution < -0.4 is 30.2 Å². The van der Waals surface area contributed by atoms with Gasteiger partial charge in [-0.3, -0.25) is 4.90 Å². The standard InChI is InChI=1S/C39H46N12O5/c40-35(52)49(27-5-1-25(2-6-27)33-41-36(47-13-17-53-18-14-47)45-38(43-33)50-29-9-10-30(50)22-55-21-29)28-7-3-26(4-8-28)34-42-37(48-15-19-54-20-16-48)46-39(44-34)51-31-11-12-32(51)24-56-23-31/h1-8,29-32H,9-24H2,(H2,40,52). The molecule has 4 aromatic rings. The van der Waals surface area contributed by atoms with Gasteiger partial charge in [0.1, 0.15) is 0 Å². The van der Waals surface area contributed by atoms with Crippen LogP contribution in [-0.4, -0.2) is 139 Å². The lowest BCUT2D eigenvalue weighted by Gasteiger charge is -2.35. The Morgan fingerprint density at radius 1 is 0.518 bits per heavy atom. The molecule has 0 aliphatic carbocycles. The van der Waals surface area contributed by atoms with Gasteiger partial charge in [-0.2, -0.15) is 29.9 Å². The number of primary amides is 1. The first-order chi connectivity index (χ1) is 27.6. The smallest absolute Gasteiger partial charge is 0.323 e. The molecular formula is C39H46N12O5. The van der Waals surface area contributed by atoms with Gasteiger partial charge in [0.25, 0.3) is 0 Å². The Hall–Kier alpha value is -5.23. The molecule has 10 rings (SSSR count). The van der Waals surface area contributed by atoms with E-state index in [1.54, 1.807) is 0 Å². The van der Waals surface area contributed by atoms with E-state index in [1.807, 2.05) is 48.5 Å². The molecule has 4 unspecified atom stereocenters. The maximum atomic E-state index is 13.0. The number of aromatic nitrogens is 6. The Morgan fingerprint density at radius 2 is 0.875 bits per heavy atom. The zero-order valence-corrected chi connectivity index (χ0v) is 31.3. The van der Waals surface area contributed by atoms with E-state index in [0.717, 1.165) is 36.8 Å². The maximum absolute atomic E-state index is 13.0. The Kier molecular flexibility index (Phi) is 9.44. The molecule has 17 heteroatoms. The third-order valence-electron chi connectivity index (χ3n) is 11.7. The van der Waals surface area contributed by atoms with Crippen molar-refractivity contribution in [1.82, 2.24) is 29.9 Å². The van der Waals surface area contributed by atoms with Gasteiger partial charge in [-0.25, -0.2) is 4.79 Å². The Labute approximate surface area is 324 Å². The third kappa shape index (κ3) is 6.71. The molecule has 6 aliphatic rings. The summed E-state index contributed by atoms with van der Waals surface area (Å²) in [6, 6.07) is 15.6. The molecule has 6 fully saturated rings. The van der Waals surface area contributed by atoms with E-state index in [9.17, 15) is 4.79 Å². The second kappa shape index (κ2) is 15.0. The fourth-order valence-electron chi connectivity index (χ4n) is 8.84. The molecule has 2 amide bonds. The number of benzene rings is 2. The monoisotopic (exact) mass is 762 g/mol. The number of morpholine rings is 4. The van der Waals surface area contributed by atoms with Crippen LogP contribution in [0, 0.1) is 0 Å². The minimum Gasteiger partial charge on any atom is -0.378 e. The van der Waals surface area contributed by atoms with Crippen LogP contribution in [0.3, 0.4) is 0 Å². The number of nitrogens with zero attached hydrogens (tertiary/aromatic N) is 11. The minimum atomic E-state index is -0.606. The molecular weight excluding hydrogens is 717 g/mol. The van der Waals surface area contributed by atoms with Crippen LogP contribution in [0.1, 0.15) is 25.7 Å². The van der Waals surface area contributed by atoms with E-state index in [1.165, 1.54) is 4.90 Å². The summed E-state index contributed by atoms with van der Waals surface area (Å²) in [7, 11) is 0. The predicted octanol–water partition coefficient (Wildman–Crippen LogP) is 3.02. The fourth-order valence-corrected chi connectivity index (χ4v) is 8.84. The van der Waals surface area contributed by atoms with E-state index < -0.39 is 6.03 Å². The van der Waals surface area contributed by atoms with Gasteiger partial charge < -0.3 is 44.3 Å². The van der Waals surface area contributed by atoms with E-state index >= 15 is 0 Å². The zero-order valence-electron chi connectivity index (χ0n) is 31.3. The van der Waals surface area contributed by atoms with Gasteiger partial charge in [-0.15, -0.1) is 0 Å². The van der Waals surface area contributed by atoms with Crippen LogP contribution in [-0.2, 0) is 18.9 Å². The summed E-state index contributed by atoms with van der Waals surface area (Å²) in [5.41, 5.74) is 8.87. The van der Waals surface area contributed by atoms with Gasteiger partial charge in [0.2, 0.25) is 23.8 Å². The minimum absolute atomic E-state index is 0.248. The van der Waals surface area contributed by atoms with E-state index in [-0.39, 0.29) is 24.2 Å². The summed E-state index contributed by atoms with van der Waals surface area (Å²) in [5.74, 6) is 3.78. The lowest BCUT2D eigenvalue weighted by atomic mass is 10.1. The largest absolute Gasteiger partial charge is 0.378 e. The van der Waals surface area contributed by atoms with E-state index in [2.05, 4.69) is 19.6 Å².